The second kappa shape index (κ2) is 6.52. The van der Waals surface area contributed by atoms with Gasteiger partial charge in [0.2, 0.25) is 0 Å². The monoisotopic (exact) mass is 363 g/mol. The molecule has 0 saturated heterocycles. The Hall–Kier alpha value is -0.390. The van der Waals surface area contributed by atoms with Crippen LogP contribution in [0.4, 0.5) is 0 Å². The van der Waals surface area contributed by atoms with Gasteiger partial charge in [-0.05, 0) is 24.1 Å². The first kappa shape index (κ1) is 14.7. The number of aliphatic hydroxyl groups is 1. The molecule has 2 N–H and O–H groups in total. The van der Waals surface area contributed by atoms with Crippen molar-refractivity contribution < 1.29 is 9.90 Å². The normalized spacial score (nSPS) is 12.6. The fraction of sp³-hybridized carbons (Fsp3) is 0.417. The van der Waals surface area contributed by atoms with E-state index in [1.807, 2.05) is 19.9 Å². The van der Waals surface area contributed by atoms with E-state index in [-0.39, 0.29) is 24.5 Å². The van der Waals surface area contributed by atoms with Crippen LogP contribution in [0.5, 0.6) is 0 Å². The summed E-state index contributed by atoms with van der Waals surface area (Å²) in [5.74, 6) is 0.0132. The molecule has 0 heterocycles. The lowest BCUT2D eigenvalue weighted by Gasteiger charge is -2.20. The molecule has 5 heteroatoms. The second-order valence-electron chi connectivity index (χ2n) is 4.16. The lowest BCUT2D eigenvalue weighted by Crippen LogP contribution is -2.41. The molecule has 1 unspecified atom stereocenters. The van der Waals surface area contributed by atoms with Gasteiger partial charge in [-0.25, -0.2) is 0 Å². The Kier molecular flexibility index (Phi) is 5.62. The summed E-state index contributed by atoms with van der Waals surface area (Å²) >= 11 is 6.67. The SMILES string of the molecule is CC(C)C(CO)NC(=O)c1cc(Br)cc(Br)c1. The Labute approximate surface area is 118 Å². The van der Waals surface area contributed by atoms with Crippen LogP contribution in [0, 0.1) is 5.92 Å². The molecule has 1 amide bonds. The molecule has 0 bridgehead atoms. The average Bonchev–Trinajstić information content (AvgIpc) is 2.23. The van der Waals surface area contributed by atoms with Gasteiger partial charge in [-0.1, -0.05) is 45.7 Å². The number of nitrogens with one attached hydrogen (secondary N) is 1. The van der Waals surface area contributed by atoms with Crippen LogP contribution in [0.3, 0.4) is 0 Å². The Morgan fingerprint density at radius 3 is 2.24 bits per heavy atom. The first-order valence-corrected chi connectivity index (χ1v) is 6.90. The molecule has 0 spiro atoms. The molecular weight excluding hydrogens is 350 g/mol. The van der Waals surface area contributed by atoms with Crippen molar-refractivity contribution in [3.05, 3.63) is 32.7 Å². The van der Waals surface area contributed by atoms with Gasteiger partial charge in [0.25, 0.3) is 5.91 Å². The predicted molar refractivity (Wildman–Crippen MR) is 75.0 cm³/mol. The van der Waals surface area contributed by atoms with Gasteiger partial charge in [0.15, 0.2) is 0 Å². The fourth-order valence-electron chi connectivity index (χ4n) is 1.36. The minimum atomic E-state index is -0.222. The molecule has 0 aliphatic heterocycles. The molecular formula is C12H15Br2NO2. The molecule has 3 nitrogen and oxygen atoms in total. The van der Waals surface area contributed by atoms with Crippen LogP contribution in [-0.2, 0) is 0 Å². The van der Waals surface area contributed by atoms with Crippen LogP contribution >= 0.6 is 31.9 Å². The summed E-state index contributed by atoms with van der Waals surface area (Å²) in [7, 11) is 0. The summed E-state index contributed by atoms with van der Waals surface area (Å²) in [6.07, 6.45) is 0. The van der Waals surface area contributed by atoms with E-state index < -0.39 is 0 Å². The van der Waals surface area contributed by atoms with Crippen molar-refractivity contribution in [1.82, 2.24) is 5.32 Å². The number of hydrogen-bond acceptors (Lipinski definition) is 2. The maximum Gasteiger partial charge on any atom is 0.251 e. The van der Waals surface area contributed by atoms with E-state index in [1.54, 1.807) is 12.1 Å². The van der Waals surface area contributed by atoms with E-state index in [1.165, 1.54) is 0 Å². The predicted octanol–water partition coefficient (Wildman–Crippen LogP) is 2.96. The average molecular weight is 365 g/mol. The van der Waals surface area contributed by atoms with Gasteiger partial charge in [-0.3, -0.25) is 4.79 Å². The van der Waals surface area contributed by atoms with E-state index in [0.29, 0.717) is 5.56 Å². The smallest absolute Gasteiger partial charge is 0.251 e. The Bertz CT molecular complexity index is 387. The number of rotatable bonds is 4. The summed E-state index contributed by atoms with van der Waals surface area (Å²) in [6.45, 7) is 3.86. The highest BCUT2D eigenvalue weighted by molar-refractivity contribution is 9.11. The summed E-state index contributed by atoms with van der Waals surface area (Å²) in [5.41, 5.74) is 0.561. The van der Waals surface area contributed by atoms with Crippen molar-refractivity contribution in [2.24, 2.45) is 5.92 Å². The molecule has 0 aliphatic rings. The van der Waals surface area contributed by atoms with Crippen LogP contribution < -0.4 is 5.32 Å². The van der Waals surface area contributed by atoms with Crippen LogP contribution in [-0.4, -0.2) is 23.7 Å². The maximum atomic E-state index is 12.0. The molecule has 1 aromatic rings. The molecule has 0 aliphatic carbocycles. The zero-order valence-corrected chi connectivity index (χ0v) is 12.9. The fourth-order valence-corrected chi connectivity index (χ4v) is 2.65. The summed E-state index contributed by atoms with van der Waals surface area (Å²) < 4.78 is 1.67. The third kappa shape index (κ3) is 4.41. The van der Waals surface area contributed by atoms with Crippen molar-refractivity contribution in [2.45, 2.75) is 19.9 Å². The summed E-state index contributed by atoms with van der Waals surface area (Å²) in [6, 6.07) is 5.13. The first-order valence-electron chi connectivity index (χ1n) is 5.32. The third-order valence-electron chi connectivity index (χ3n) is 2.44. The molecule has 0 radical (unpaired) electrons. The molecule has 0 aromatic heterocycles. The topological polar surface area (TPSA) is 49.3 Å². The molecule has 1 rings (SSSR count). The van der Waals surface area contributed by atoms with Gasteiger partial charge >= 0.3 is 0 Å². The number of carbonyl (C=O) groups excluding carboxylic acids is 1. The minimum absolute atomic E-state index is 0.0570. The third-order valence-corrected chi connectivity index (χ3v) is 3.36. The molecule has 0 fully saturated rings. The van der Waals surface area contributed by atoms with E-state index >= 15 is 0 Å². The second-order valence-corrected chi connectivity index (χ2v) is 6.00. The standard InChI is InChI=1S/C12H15Br2NO2/c1-7(2)11(6-16)15-12(17)8-3-9(13)5-10(14)4-8/h3-5,7,11,16H,6H2,1-2H3,(H,15,17). The molecule has 1 atom stereocenters. The summed E-state index contributed by atoms with van der Waals surface area (Å²) in [5, 5.41) is 12.0. The molecule has 94 valence electrons. The quantitative estimate of drug-likeness (QED) is 0.862. The van der Waals surface area contributed by atoms with E-state index in [9.17, 15) is 4.79 Å². The van der Waals surface area contributed by atoms with Crippen LogP contribution in [0.25, 0.3) is 0 Å². The molecule has 0 saturated carbocycles. The zero-order valence-electron chi connectivity index (χ0n) is 9.71. The highest BCUT2D eigenvalue weighted by Gasteiger charge is 2.16. The highest BCUT2D eigenvalue weighted by Crippen LogP contribution is 2.20. The Morgan fingerprint density at radius 2 is 1.82 bits per heavy atom. The lowest BCUT2D eigenvalue weighted by atomic mass is 10.0. The largest absolute Gasteiger partial charge is 0.394 e. The van der Waals surface area contributed by atoms with Crippen LogP contribution in [0.15, 0.2) is 27.1 Å². The van der Waals surface area contributed by atoms with Gasteiger partial charge in [0.1, 0.15) is 0 Å². The molecule has 17 heavy (non-hydrogen) atoms. The van der Waals surface area contributed by atoms with Gasteiger partial charge in [-0.2, -0.15) is 0 Å². The number of benzene rings is 1. The van der Waals surface area contributed by atoms with Crippen LogP contribution in [0.2, 0.25) is 0 Å². The maximum absolute atomic E-state index is 12.0. The minimum Gasteiger partial charge on any atom is -0.394 e. The van der Waals surface area contributed by atoms with Gasteiger partial charge < -0.3 is 10.4 Å². The summed E-state index contributed by atoms with van der Waals surface area (Å²) in [4.78, 5) is 12.0. The number of amides is 1. The van der Waals surface area contributed by atoms with E-state index in [4.69, 9.17) is 5.11 Å². The highest BCUT2D eigenvalue weighted by atomic mass is 79.9. The van der Waals surface area contributed by atoms with Crippen molar-refractivity contribution in [3.8, 4) is 0 Å². The lowest BCUT2D eigenvalue weighted by molar-refractivity contribution is 0.0896. The van der Waals surface area contributed by atoms with Gasteiger partial charge in [0, 0.05) is 14.5 Å². The van der Waals surface area contributed by atoms with Crippen molar-refractivity contribution in [2.75, 3.05) is 6.61 Å². The van der Waals surface area contributed by atoms with Crippen LogP contribution in [0.1, 0.15) is 24.2 Å². The number of aliphatic hydroxyl groups excluding tert-OH is 1. The molecule has 1 aromatic carbocycles. The number of carbonyl (C=O) groups is 1. The van der Waals surface area contributed by atoms with Crippen molar-refractivity contribution >= 4 is 37.8 Å². The van der Waals surface area contributed by atoms with E-state index in [0.717, 1.165) is 8.95 Å². The Morgan fingerprint density at radius 1 is 1.29 bits per heavy atom. The number of halogens is 2. The van der Waals surface area contributed by atoms with E-state index in [2.05, 4.69) is 37.2 Å². The van der Waals surface area contributed by atoms with Gasteiger partial charge in [-0.15, -0.1) is 0 Å². The van der Waals surface area contributed by atoms with Crippen molar-refractivity contribution in [1.29, 1.82) is 0 Å². The Balaban J connectivity index is 2.82. The number of hydrogen-bond donors (Lipinski definition) is 2. The zero-order chi connectivity index (χ0) is 13.0. The van der Waals surface area contributed by atoms with Gasteiger partial charge in [0.05, 0.1) is 12.6 Å². The first-order chi connectivity index (χ1) is 7.93. The van der Waals surface area contributed by atoms with Crippen molar-refractivity contribution in [3.63, 3.8) is 0 Å².